The zero-order valence-electron chi connectivity index (χ0n) is 35.8. The zero-order chi connectivity index (χ0) is 54.1. The third-order valence-electron chi connectivity index (χ3n) is 10.6. The maximum atomic E-state index is 15.3. The van der Waals surface area contributed by atoms with E-state index in [4.69, 9.17) is 9.47 Å². The molecule has 0 aliphatic carbocycles. The molecule has 73 heavy (non-hydrogen) atoms. The van der Waals surface area contributed by atoms with Crippen LogP contribution in [0.5, 0.6) is 17.2 Å². The van der Waals surface area contributed by atoms with Gasteiger partial charge >= 0.3 is 71.6 Å². The van der Waals surface area contributed by atoms with Crippen molar-refractivity contribution in [3.63, 3.8) is 0 Å². The maximum absolute atomic E-state index is 15.3. The van der Waals surface area contributed by atoms with Crippen LogP contribution in [0.25, 0.3) is 33.4 Å². The Hall–Kier alpha value is -11.2. The van der Waals surface area contributed by atoms with Gasteiger partial charge in [0.15, 0.2) is 5.75 Å². The summed E-state index contributed by atoms with van der Waals surface area (Å²) in [6.07, 6.45) is 0. The molecule has 0 aliphatic heterocycles. The number of carboxylic acids is 11. The van der Waals surface area contributed by atoms with Crippen molar-refractivity contribution in [2.75, 3.05) is 0 Å². The van der Waals surface area contributed by atoms with Crippen molar-refractivity contribution in [3.8, 4) is 50.6 Å². The van der Waals surface area contributed by atoms with Gasteiger partial charge in [0.25, 0.3) is 0 Å². The number of carboxylic acid groups (broad SMARTS) is 11. The van der Waals surface area contributed by atoms with Gasteiger partial charge in [0.05, 0.1) is 50.1 Å². The van der Waals surface area contributed by atoms with E-state index >= 15 is 4.79 Å². The third kappa shape index (κ3) is 9.23. The van der Waals surface area contributed by atoms with Crippen molar-refractivity contribution in [1.82, 2.24) is 0 Å². The summed E-state index contributed by atoms with van der Waals surface area (Å²) in [6, 6.07) is 10.9. The van der Waals surface area contributed by atoms with E-state index in [1.165, 1.54) is 0 Å². The fraction of sp³-hybridized carbons (Fsp3) is 0. The van der Waals surface area contributed by atoms with Crippen LogP contribution in [0.1, 0.15) is 124 Å². The van der Waals surface area contributed by atoms with Crippen molar-refractivity contribution < 1.29 is 123 Å². The highest BCUT2D eigenvalue weighted by molar-refractivity contribution is 6.22. The second-order valence-corrected chi connectivity index (χ2v) is 14.6. The Balaban J connectivity index is 2.13. The highest BCUT2D eigenvalue weighted by Gasteiger charge is 2.41. The Morgan fingerprint density at radius 1 is 0.274 bits per heavy atom. The van der Waals surface area contributed by atoms with Crippen LogP contribution >= 0.6 is 0 Å². The monoisotopic (exact) mass is 1000 g/mol. The van der Waals surface area contributed by atoms with Gasteiger partial charge in [0.1, 0.15) is 28.2 Å². The molecule has 6 aromatic carbocycles. The highest BCUT2D eigenvalue weighted by Crippen LogP contribution is 2.54. The standard InChI is InChI=1S/C48H26O25/c49-37(50)19-9-1-6-16(26(19)42(59)60)31-32(17-7-2-10-20(38(51)52)27(17)43(61)62)34(48(71)73-25-15-5-13-23(41(57)58)30(25)46(67)68)35(47(69)70)36(72-24-14-4-12-22(40(55)56)29(24)45(65)66)33(31)18-8-3-11-21(39(53)54)28(18)44(63)64/h1-15H,(H,49,50)(H,51,52)(H,53,54)(H,55,56)(H,57,58)(H,59,60)(H,61,62)(H,63,64)(H,65,66)(H,67,68)(H,69,70). The molecule has 0 fully saturated rings. The molecule has 0 aliphatic rings. The van der Waals surface area contributed by atoms with Crippen molar-refractivity contribution in [2.24, 2.45) is 0 Å². The Morgan fingerprint density at radius 3 is 0.904 bits per heavy atom. The van der Waals surface area contributed by atoms with E-state index < -0.39 is 189 Å². The molecule has 6 aromatic rings. The van der Waals surface area contributed by atoms with Crippen molar-refractivity contribution in [3.05, 3.63) is 158 Å². The fourth-order valence-corrected chi connectivity index (χ4v) is 7.83. The molecule has 0 spiro atoms. The molecule has 0 atom stereocenters. The predicted octanol–water partition coefficient (Wildman–Crippen LogP) is 6.38. The van der Waals surface area contributed by atoms with Crippen LogP contribution < -0.4 is 9.47 Å². The average Bonchev–Trinajstić information content (AvgIpc) is 3.31. The van der Waals surface area contributed by atoms with Crippen molar-refractivity contribution >= 4 is 71.6 Å². The number of hydrogen-bond acceptors (Lipinski definition) is 14. The first-order valence-electron chi connectivity index (χ1n) is 19.7. The molecule has 0 heterocycles. The fourth-order valence-electron chi connectivity index (χ4n) is 7.83. The molecular formula is C48H26O25. The van der Waals surface area contributed by atoms with Crippen molar-refractivity contribution in [2.45, 2.75) is 0 Å². The van der Waals surface area contributed by atoms with E-state index in [1.54, 1.807) is 0 Å². The summed E-state index contributed by atoms with van der Waals surface area (Å²) < 4.78 is 11.4. The number of ether oxygens (including phenoxy) is 2. The molecule has 25 nitrogen and oxygen atoms in total. The summed E-state index contributed by atoms with van der Waals surface area (Å²) in [6.45, 7) is 0. The third-order valence-corrected chi connectivity index (χ3v) is 10.6. The number of aromatic carboxylic acids is 11. The molecule has 11 N–H and O–H groups in total. The number of esters is 1. The largest absolute Gasteiger partial charge is 0.478 e. The van der Waals surface area contributed by atoms with E-state index in [0.29, 0.717) is 60.7 Å². The molecule has 6 rings (SSSR count). The second kappa shape index (κ2) is 19.8. The molecule has 25 heteroatoms. The summed E-state index contributed by atoms with van der Waals surface area (Å²) in [5, 5.41) is 115. The number of benzene rings is 6. The molecule has 0 saturated heterocycles. The number of rotatable bonds is 18. The minimum absolute atomic E-state index is 0.653. The van der Waals surface area contributed by atoms with Crippen LogP contribution in [0.15, 0.2) is 91.0 Å². The molecule has 0 amide bonds. The summed E-state index contributed by atoms with van der Waals surface area (Å²) in [7, 11) is 0. The summed E-state index contributed by atoms with van der Waals surface area (Å²) in [5.74, 6) is -29.7. The maximum Gasteiger partial charge on any atom is 0.345 e. The van der Waals surface area contributed by atoms with Crippen LogP contribution in [-0.2, 0) is 0 Å². The Labute approximate surface area is 402 Å². The van der Waals surface area contributed by atoms with Gasteiger partial charge in [-0.2, -0.15) is 0 Å². The number of carbonyl (C=O) groups excluding carboxylic acids is 1. The van der Waals surface area contributed by atoms with Gasteiger partial charge in [-0.05, 0) is 53.6 Å². The van der Waals surface area contributed by atoms with Crippen LogP contribution in [0.4, 0.5) is 0 Å². The smallest absolute Gasteiger partial charge is 0.345 e. The van der Waals surface area contributed by atoms with E-state index in [0.717, 1.165) is 30.3 Å². The normalized spacial score (nSPS) is 10.6. The summed E-state index contributed by atoms with van der Waals surface area (Å²) in [4.78, 5) is 158. The topological polar surface area (TPSA) is 446 Å². The second-order valence-electron chi connectivity index (χ2n) is 14.6. The molecule has 0 aromatic heterocycles. The molecule has 0 radical (unpaired) electrons. The van der Waals surface area contributed by atoms with E-state index in [2.05, 4.69) is 0 Å². The van der Waals surface area contributed by atoms with Gasteiger partial charge in [-0.25, -0.2) is 57.5 Å². The molecule has 368 valence electrons. The molecule has 0 bridgehead atoms. The molecular weight excluding hydrogens is 977 g/mol. The van der Waals surface area contributed by atoms with Gasteiger partial charge < -0.3 is 65.6 Å². The van der Waals surface area contributed by atoms with Crippen LogP contribution in [0.2, 0.25) is 0 Å². The minimum atomic E-state index is -2.49. The summed E-state index contributed by atoms with van der Waals surface area (Å²) >= 11 is 0. The Bertz CT molecular complexity index is 3540. The number of hydrogen-bond donors (Lipinski definition) is 11. The van der Waals surface area contributed by atoms with Crippen molar-refractivity contribution in [1.29, 1.82) is 0 Å². The van der Waals surface area contributed by atoms with Gasteiger partial charge in [-0.15, -0.1) is 0 Å². The van der Waals surface area contributed by atoms with Gasteiger partial charge in [-0.1, -0.05) is 48.5 Å². The first kappa shape index (κ1) is 51.2. The predicted molar refractivity (Wildman–Crippen MR) is 237 cm³/mol. The first-order valence-corrected chi connectivity index (χ1v) is 19.7. The van der Waals surface area contributed by atoms with Gasteiger partial charge in [0, 0.05) is 22.3 Å². The lowest BCUT2D eigenvalue weighted by Gasteiger charge is -2.28. The highest BCUT2D eigenvalue weighted by atomic mass is 16.5. The van der Waals surface area contributed by atoms with Crippen LogP contribution in [-0.4, -0.2) is 128 Å². The first-order chi connectivity index (χ1) is 34.3. The lowest BCUT2D eigenvalue weighted by molar-refractivity contribution is 0.0632. The van der Waals surface area contributed by atoms with E-state index in [-0.39, 0.29) is 0 Å². The summed E-state index contributed by atoms with van der Waals surface area (Å²) in [5.41, 5.74) is -23.3. The zero-order valence-corrected chi connectivity index (χ0v) is 35.8. The quantitative estimate of drug-likeness (QED) is 0.0328. The van der Waals surface area contributed by atoms with Crippen LogP contribution in [0.3, 0.4) is 0 Å². The Kier molecular flexibility index (Phi) is 13.9. The van der Waals surface area contributed by atoms with Gasteiger partial charge in [-0.3, -0.25) is 0 Å². The minimum Gasteiger partial charge on any atom is -0.478 e. The van der Waals surface area contributed by atoms with Crippen LogP contribution in [0, 0.1) is 0 Å². The SMILES string of the molecule is O=C(O)c1cccc(OC(=O)c2c(C(=O)O)c(Oc3cccc(C(=O)O)c3C(=O)O)c(-c3cccc(C(=O)O)c3C(=O)O)c(-c3cccc(C(=O)O)c3C(=O)O)c2-c2cccc(C(=O)O)c2C(=O)O)c1C(=O)O. The number of carbonyl (C=O) groups is 12. The average molecular weight is 1000 g/mol. The lowest BCUT2D eigenvalue weighted by Crippen LogP contribution is -2.22. The molecule has 0 saturated carbocycles. The molecule has 0 unspecified atom stereocenters. The van der Waals surface area contributed by atoms with E-state index in [1.807, 2.05) is 0 Å². The Morgan fingerprint density at radius 2 is 0.562 bits per heavy atom. The lowest BCUT2D eigenvalue weighted by atomic mass is 9.77. The van der Waals surface area contributed by atoms with E-state index in [9.17, 15) is 109 Å². The van der Waals surface area contributed by atoms with Gasteiger partial charge in [0.2, 0.25) is 0 Å².